The second kappa shape index (κ2) is 8.01. The van der Waals surface area contributed by atoms with Crippen molar-refractivity contribution in [2.45, 2.75) is 6.04 Å². The Morgan fingerprint density at radius 1 is 1.37 bits per heavy atom. The zero-order chi connectivity index (χ0) is 19.4. The summed E-state index contributed by atoms with van der Waals surface area (Å²) in [5.74, 6) is -0.976. The van der Waals surface area contributed by atoms with Crippen LogP contribution in [0.15, 0.2) is 64.7 Å². The van der Waals surface area contributed by atoms with E-state index in [9.17, 15) is 14.7 Å². The Hall–Kier alpha value is -3.19. The highest BCUT2D eigenvalue weighted by Crippen LogP contribution is 2.37. The van der Waals surface area contributed by atoms with Crippen LogP contribution in [0.4, 0.5) is 0 Å². The van der Waals surface area contributed by atoms with Crippen LogP contribution in [0.25, 0.3) is 6.08 Å². The number of quaternary nitrogens is 1. The Kier molecular flexibility index (Phi) is 5.52. The van der Waals surface area contributed by atoms with E-state index in [1.165, 1.54) is 23.3 Å². The molecule has 0 saturated heterocycles. The monoisotopic (exact) mass is 368 g/mol. The summed E-state index contributed by atoms with van der Waals surface area (Å²) in [5.41, 5.74) is 0.739. The van der Waals surface area contributed by atoms with E-state index in [4.69, 9.17) is 4.42 Å². The van der Waals surface area contributed by atoms with Gasteiger partial charge >= 0.3 is 0 Å². The van der Waals surface area contributed by atoms with Crippen molar-refractivity contribution < 1.29 is 24.0 Å². The Morgan fingerprint density at radius 2 is 2.19 bits per heavy atom. The number of nitrogens with one attached hydrogen (secondary N) is 1. The zero-order valence-electron chi connectivity index (χ0n) is 15.3. The molecule has 7 nitrogen and oxygen atoms in total. The van der Waals surface area contributed by atoms with Gasteiger partial charge in [0, 0.05) is 12.4 Å². The Morgan fingerprint density at radius 3 is 2.81 bits per heavy atom. The highest BCUT2D eigenvalue weighted by atomic mass is 16.3. The average molecular weight is 368 g/mol. The van der Waals surface area contributed by atoms with Crippen LogP contribution in [0.1, 0.15) is 17.4 Å². The van der Waals surface area contributed by atoms with Crippen molar-refractivity contribution in [1.29, 1.82) is 0 Å². The van der Waals surface area contributed by atoms with E-state index in [-0.39, 0.29) is 5.57 Å². The van der Waals surface area contributed by atoms with Gasteiger partial charge in [-0.25, -0.2) is 0 Å². The van der Waals surface area contributed by atoms with Gasteiger partial charge in [-0.05, 0) is 35.9 Å². The number of likely N-dealkylation sites (N-methyl/N-ethyl adjacent to an activating group) is 1. The van der Waals surface area contributed by atoms with Gasteiger partial charge in [-0.3, -0.25) is 14.6 Å². The molecule has 0 spiro atoms. The third-order valence-corrected chi connectivity index (χ3v) is 4.36. The summed E-state index contributed by atoms with van der Waals surface area (Å²) in [4.78, 5) is 32.2. The number of aliphatic hydroxyl groups excluding tert-OH is 1. The second-order valence-corrected chi connectivity index (χ2v) is 6.62. The fraction of sp³-hybridized carbons (Fsp3) is 0.250. The normalized spacial score (nSPS) is 17.5. The molecule has 3 heterocycles. The lowest BCUT2D eigenvalue weighted by Crippen LogP contribution is -3.06. The Balaban J connectivity index is 1.95. The number of hydrogen-bond donors (Lipinski definition) is 2. The van der Waals surface area contributed by atoms with Gasteiger partial charge in [0.2, 0.25) is 0 Å². The SMILES string of the molecule is C[NH+](C)CCN1C(=O)C(O)=C(C(=O)/C=C/c2ccco2)[C@H]1c1cccnc1. The average Bonchev–Trinajstić information content (AvgIpc) is 3.26. The number of amides is 1. The molecule has 0 saturated carbocycles. The first kappa shape index (κ1) is 18.6. The van der Waals surface area contributed by atoms with Crippen LogP contribution >= 0.6 is 0 Å². The number of aromatic nitrogens is 1. The molecule has 0 aliphatic carbocycles. The minimum absolute atomic E-state index is 0.0598. The van der Waals surface area contributed by atoms with Crippen LogP contribution in [0.2, 0.25) is 0 Å². The van der Waals surface area contributed by atoms with Crippen molar-refractivity contribution >= 4 is 17.8 Å². The maximum absolute atomic E-state index is 12.8. The van der Waals surface area contributed by atoms with Gasteiger partial charge in [0.05, 0.1) is 45.1 Å². The van der Waals surface area contributed by atoms with Crippen LogP contribution in [0.3, 0.4) is 0 Å². The molecule has 0 fully saturated rings. The van der Waals surface area contributed by atoms with Crippen LogP contribution in [-0.4, -0.2) is 53.9 Å². The van der Waals surface area contributed by atoms with Crippen LogP contribution in [0, 0.1) is 0 Å². The van der Waals surface area contributed by atoms with Crippen LogP contribution < -0.4 is 4.90 Å². The molecule has 0 unspecified atom stereocenters. The number of pyridine rings is 1. The first-order valence-corrected chi connectivity index (χ1v) is 8.68. The number of ketones is 1. The number of hydrogen-bond acceptors (Lipinski definition) is 5. The molecule has 2 aromatic heterocycles. The van der Waals surface area contributed by atoms with E-state index in [0.29, 0.717) is 24.4 Å². The van der Waals surface area contributed by atoms with E-state index in [2.05, 4.69) is 4.98 Å². The topological polar surface area (TPSA) is 88.1 Å². The largest absolute Gasteiger partial charge is 0.503 e. The van der Waals surface area contributed by atoms with Crippen molar-refractivity contribution in [2.24, 2.45) is 0 Å². The van der Waals surface area contributed by atoms with Crippen molar-refractivity contribution in [2.75, 3.05) is 27.2 Å². The van der Waals surface area contributed by atoms with Gasteiger partial charge in [-0.15, -0.1) is 0 Å². The van der Waals surface area contributed by atoms with Gasteiger partial charge in [-0.1, -0.05) is 6.07 Å². The maximum atomic E-state index is 12.8. The standard InChI is InChI=1S/C20H21N3O4/c1-22(2)10-11-23-18(14-5-3-9-21-13-14)17(19(25)20(23)26)16(24)8-7-15-6-4-12-27-15/h3-9,12-13,18,25H,10-11H2,1-2H3/p+1/b8-7+/t18-/m1/s1. The second-order valence-electron chi connectivity index (χ2n) is 6.62. The van der Waals surface area contributed by atoms with Crippen LogP contribution in [0.5, 0.6) is 0 Å². The fourth-order valence-electron chi connectivity index (χ4n) is 3.00. The maximum Gasteiger partial charge on any atom is 0.290 e. The first-order chi connectivity index (χ1) is 13.0. The molecule has 0 radical (unpaired) electrons. The molecule has 3 rings (SSSR count). The van der Waals surface area contributed by atoms with Gasteiger partial charge in [0.1, 0.15) is 5.76 Å². The number of rotatable bonds is 7. The number of allylic oxidation sites excluding steroid dienone is 1. The Labute approximate surface area is 157 Å². The molecule has 2 N–H and O–H groups in total. The molecular weight excluding hydrogens is 346 g/mol. The molecule has 140 valence electrons. The molecule has 1 atom stereocenters. The summed E-state index contributed by atoms with van der Waals surface area (Å²) in [6.07, 6.45) is 7.55. The smallest absolute Gasteiger partial charge is 0.290 e. The summed E-state index contributed by atoms with van der Waals surface area (Å²) in [7, 11) is 3.95. The summed E-state index contributed by atoms with van der Waals surface area (Å²) in [5, 5.41) is 10.4. The lowest BCUT2D eigenvalue weighted by atomic mass is 9.97. The van der Waals surface area contributed by atoms with E-state index in [1.807, 2.05) is 14.1 Å². The highest BCUT2D eigenvalue weighted by Gasteiger charge is 2.43. The zero-order valence-corrected chi connectivity index (χ0v) is 15.3. The lowest BCUT2D eigenvalue weighted by molar-refractivity contribution is -0.857. The number of carbonyl (C=O) groups is 2. The predicted octanol–water partition coefficient (Wildman–Crippen LogP) is 0.797. The quantitative estimate of drug-likeness (QED) is 0.706. The van der Waals surface area contributed by atoms with Crippen LogP contribution in [-0.2, 0) is 9.59 Å². The van der Waals surface area contributed by atoms with Crippen molar-refractivity contribution in [3.63, 3.8) is 0 Å². The van der Waals surface area contributed by atoms with Crippen molar-refractivity contribution in [1.82, 2.24) is 9.88 Å². The van der Waals surface area contributed by atoms with Gasteiger partial charge in [-0.2, -0.15) is 0 Å². The third-order valence-electron chi connectivity index (χ3n) is 4.36. The molecule has 7 heteroatoms. The van der Waals surface area contributed by atoms with E-state index < -0.39 is 23.5 Å². The van der Waals surface area contributed by atoms with E-state index in [0.717, 1.165) is 4.90 Å². The molecule has 1 amide bonds. The molecule has 2 aromatic rings. The molecular formula is C20H22N3O4+. The van der Waals surface area contributed by atoms with Gasteiger partial charge in [0.25, 0.3) is 5.91 Å². The van der Waals surface area contributed by atoms with Crippen molar-refractivity contribution in [3.8, 4) is 0 Å². The predicted molar refractivity (Wildman–Crippen MR) is 98.8 cm³/mol. The van der Waals surface area contributed by atoms with E-state index >= 15 is 0 Å². The molecule has 1 aliphatic heterocycles. The summed E-state index contributed by atoms with van der Waals surface area (Å²) in [6, 6.07) is 6.29. The number of carbonyl (C=O) groups excluding carboxylic acids is 2. The number of aliphatic hydroxyl groups is 1. The van der Waals surface area contributed by atoms with E-state index in [1.54, 1.807) is 36.7 Å². The van der Waals surface area contributed by atoms with Gasteiger partial charge < -0.3 is 19.3 Å². The fourth-order valence-corrected chi connectivity index (χ4v) is 3.00. The Bertz CT molecular complexity index is 870. The third kappa shape index (κ3) is 3.98. The summed E-state index contributed by atoms with van der Waals surface area (Å²) in [6.45, 7) is 1.09. The highest BCUT2D eigenvalue weighted by molar-refractivity contribution is 6.14. The molecule has 0 bridgehead atoms. The first-order valence-electron chi connectivity index (χ1n) is 8.68. The summed E-state index contributed by atoms with van der Waals surface area (Å²) >= 11 is 0. The lowest BCUT2D eigenvalue weighted by Gasteiger charge is -2.26. The number of furan rings is 1. The van der Waals surface area contributed by atoms with Crippen molar-refractivity contribution in [3.05, 3.63) is 71.7 Å². The molecule has 27 heavy (non-hydrogen) atoms. The summed E-state index contributed by atoms with van der Waals surface area (Å²) < 4.78 is 5.18. The number of nitrogens with zero attached hydrogens (tertiary/aromatic N) is 2. The molecule has 0 aromatic carbocycles. The minimum atomic E-state index is -0.667. The molecule has 1 aliphatic rings. The minimum Gasteiger partial charge on any atom is -0.503 e. The van der Waals surface area contributed by atoms with Gasteiger partial charge in [0.15, 0.2) is 11.5 Å².